The molecule has 3 aliphatic rings. The third-order valence-electron chi connectivity index (χ3n) is 5.48. The predicted octanol–water partition coefficient (Wildman–Crippen LogP) is 0.224. The second-order valence-corrected chi connectivity index (χ2v) is 6.96. The monoisotopic (exact) mass is 294 g/mol. The molecule has 3 fully saturated rings. The summed E-state index contributed by atoms with van der Waals surface area (Å²) >= 11 is 0. The maximum atomic E-state index is 12.5. The first kappa shape index (κ1) is 15.3. The number of amides is 1. The number of hydrogen-bond donors (Lipinski definition) is 1. The van der Waals surface area contributed by atoms with Crippen molar-refractivity contribution in [3.63, 3.8) is 0 Å². The Morgan fingerprint density at radius 1 is 1.10 bits per heavy atom. The molecule has 0 spiro atoms. The first-order chi connectivity index (χ1) is 10.2. The Hall–Kier alpha value is -0.650. The van der Waals surface area contributed by atoms with Crippen molar-refractivity contribution in [2.24, 2.45) is 5.92 Å². The van der Waals surface area contributed by atoms with Crippen LogP contribution in [0.5, 0.6) is 0 Å². The first-order valence-electron chi connectivity index (χ1n) is 8.65. The first-order valence-corrected chi connectivity index (χ1v) is 8.65. The van der Waals surface area contributed by atoms with Gasteiger partial charge in [-0.15, -0.1) is 0 Å². The summed E-state index contributed by atoms with van der Waals surface area (Å²) in [6, 6.07) is 0.757. The number of rotatable bonds is 2. The minimum Gasteiger partial charge on any atom is -0.340 e. The molecule has 2 atom stereocenters. The largest absolute Gasteiger partial charge is 0.340 e. The predicted molar refractivity (Wildman–Crippen MR) is 84.3 cm³/mol. The molecule has 2 unspecified atom stereocenters. The van der Waals surface area contributed by atoms with Gasteiger partial charge in [0.25, 0.3) is 0 Å². The Bertz CT molecular complexity index is 354. The van der Waals surface area contributed by atoms with Crippen molar-refractivity contribution in [3.05, 3.63) is 0 Å². The van der Waals surface area contributed by atoms with Gasteiger partial charge in [0.1, 0.15) is 0 Å². The Morgan fingerprint density at radius 2 is 2.00 bits per heavy atom. The zero-order valence-electron chi connectivity index (χ0n) is 13.4. The van der Waals surface area contributed by atoms with E-state index in [4.69, 9.17) is 0 Å². The van der Waals surface area contributed by atoms with Gasteiger partial charge in [0.05, 0.1) is 6.54 Å². The summed E-state index contributed by atoms with van der Waals surface area (Å²) < 4.78 is 0. The van der Waals surface area contributed by atoms with Gasteiger partial charge < -0.3 is 15.1 Å². The van der Waals surface area contributed by atoms with Crippen LogP contribution in [0.4, 0.5) is 0 Å². The van der Waals surface area contributed by atoms with E-state index in [1.54, 1.807) is 0 Å². The van der Waals surface area contributed by atoms with Crippen molar-refractivity contribution < 1.29 is 4.79 Å². The number of nitrogens with one attached hydrogen (secondary N) is 1. The van der Waals surface area contributed by atoms with Crippen molar-refractivity contribution in [1.82, 2.24) is 20.0 Å². The van der Waals surface area contributed by atoms with Gasteiger partial charge in [-0.05, 0) is 51.7 Å². The molecule has 0 aliphatic carbocycles. The van der Waals surface area contributed by atoms with Gasteiger partial charge in [-0.3, -0.25) is 9.69 Å². The van der Waals surface area contributed by atoms with E-state index in [1.165, 1.54) is 25.8 Å². The summed E-state index contributed by atoms with van der Waals surface area (Å²) in [7, 11) is 2.27. The standard InChI is InChI=1S/C16H30N4O/c1-18-8-2-4-14-12-19(10-5-15(14)18)13-16(21)20-9-3-6-17-7-11-20/h14-15,17H,2-13H2,1H3. The van der Waals surface area contributed by atoms with Gasteiger partial charge in [-0.2, -0.15) is 0 Å². The summed E-state index contributed by atoms with van der Waals surface area (Å²) in [5.41, 5.74) is 0. The lowest BCUT2D eigenvalue weighted by Crippen LogP contribution is -2.54. The molecule has 0 aromatic rings. The number of likely N-dealkylation sites (tertiary alicyclic amines) is 2. The summed E-state index contributed by atoms with van der Waals surface area (Å²) in [6.45, 7) is 7.88. The summed E-state index contributed by atoms with van der Waals surface area (Å²) in [5.74, 6) is 1.11. The third-order valence-corrected chi connectivity index (χ3v) is 5.48. The molecule has 3 heterocycles. The van der Waals surface area contributed by atoms with Crippen LogP contribution in [0.1, 0.15) is 25.7 Å². The molecule has 3 rings (SSSR count). The van der Waals surface area contributed by atoms with Gasteiger partial charge >= 0.3 is 0 Å². The van der Waals surface area contributed by atoms with E-state index in [-0.39, 0.29) is 0 Å². The molecule has 3 aliphatic heterocycles. The van der Waals surface area contributed by atoms with E-state index >= 15 is 0 Å². The van der Waals surface area contributed by atoms with Crippen LogP contribution >= 0.6 is 0 Å². The van der Waals surface area contributed by atoms with Crippen LogP contribution in [0.25, 0.3) is 0 Å². The number of piperidine rings is 2. The highest BCUT2D eigenvalue weighted by atomic mass is 16.2. The second kappa shape index (κ2) is 7.07. The van der Waals surface area contributed by atoms with E-state index in [9.17, 15) is 4.79 Å². The molecule has 0 aromatic heterocycles. The maximum Gasteiger partial charge on any atom is 0.236 e. The quantitative estimate of drug-likeness (QED) is 0.791. The van der Waals surface area contributed by atoms with Crippen LogP contribution in [0.2, 0.25) is 0 Å². The Kier molecular flexibility index (Phi) is 5.14. The van der Waals surface area contributed by atoms with Crippen molar-refractivity contribution in [2.45, 2.75) is 31.7 Å². The van der Waals surface area contributed by atoms with Crippen molar-refractivity contribution in [2.75, 3.05) is 59.4 Å². The summed E-state index contributed by atoms with van der Waals surface area (Å²) in [6.07, 6.45) is 4.97. The van der Waals surface area contributed by atoms with E-state index < -0.39 is 0 Å². The smallest absolute Gasteiger partial charge is 0.236 e. The average molecular weight is 294 g/mol. The molecule has 0 radical (unpaired) electrons. The highest BCUT2D eigenvalue weighted by Gasteiger charge is 2.34. The average Bonchev–Trinajstić information content (AvgIpc) is 2.76. The van der Waals surface area contributed by atoms with E-state index in [0.717, 1.165) is 57.6 Å². The zero-order valence-corrected chi connectivity index (χ0v) is 13.4. The van der Waals surface area contributed by atoms with Gasteiger partial charge in [0.2, 0.25) is 5.91 Å². The number of hydrogen-bond acceptors (Lipinski definition) is 4. The normalized spacial score (nSPS) is 32.5. The number of carbonyl (C=O) groups excluding carboxylic acids is 1. The molecule has 21 heavy (non-hydrogen) atoms. The molecule has 0 aromatic carbocycles. The highest BCUT2D eigenvalue weighted by molar-refractivity contribution is 5.78. The van der Waals surface area contributed by atoms with Crippen LogP contribution in [-0.4, -0.2) is 86.1 Å². The minimum atomic E-state index is 0.335. The maximum absolute atomic E-state index is 12.5. The van der Waals surface area contributed by atoms with Crippen molar-refractivity contribution in [1.29, 1.82) is 0 Å². The van der Waals surface area contributed by atoms with Crippen LogP contribution in [0, 0.1) is 5.92 Å². The lowest BCUT2D eigenvalue weighted by Gasteiger charge is -2.46. The minimum absolute atomic E-state index is 0.335. The van der Waals surface area contributed by atoms with Crippen LogP contribution in [0.15, 0.2) is 0 Å². The Balaban J connectivity index is 1.50. The number of fused-ring (bicyclic) bond motifs is 1. The van der Waals surface area contributed by atoms with E-state index in [0.29, 0.717) is 12.5 Å². The fraction of sp³-hybridized carbons (Fsp3) is 0.938. The lowest BCUT2D eigenvalue weighted by molar-refractivity contribution is -0.133. The molecule has 5 nitrogen and oxygen atoms in total. The fourth-order valence-electron chi connectivity index (χ4n) is 4.26. The van der Waals surface area contributed by atoms with Crippen molar-refractivity contribution >= 4 is 5.91 Å². The van der Waals surface area contributed by atoms with Crippen LogP contribution in [0.3, 0.4) is 0 Å². The SMILES string of the molecule is CN1CCCC2CN(CC(=O)N3CCCNCC3)CCC21. The second-order valence-electron chi connectivity index (χ2n) is 6.96. The Labute approximate surface area is 128 Å². The molecule has 3 saturated heterocycles. The molecular formula is C16H30N4O. The fourth-order valence-corrected chi connectivity index (χ4v) is 4.26. The van der Waals surface area contributed by atoms with Gasteiger partial charge in [0, 0.05) is 38.8 Å². The summed E-state index contributed by atoms with van der Waals surface area (Å²) in [5, 5.41) is 3.36. The van der Waals surface area contributed by atoms with Gasteiger partial charge in [-0.1, -0.05) is 0 Å². The Morgan fingerprint density at radius 3 is 2.90 bits per heavy atom. The molecular weight excluding hydrogens is 264 g/mol. The van der Waals surface area contributed by atoms with Gasteiger partial charge in [0.15, 0.2) is 0 Å². The lowest BCUT2D eigenvalue weighted by atomic mass is 9.84. The molecule has 0 saturated carbocycles. The van der Waals surface area contributed by atoms with E-state index in [2.05, 4.69) is 27.1 Å². The highest BCUT2D eigenvalue weighted by Crippen LogP contribution is 2.29. The van der Waals surface area contributed by atoms with Gasteiger partial charge in [-0.25, -0.2) is 0 Å². The number of carbonyl (C=O) groups is 1. The number of nitrogens with zero attached hydrogens (tertiary/aromatic N) is 3. The molecule has 1 N–H and O–H groups in total. The van der Waals surface area contributed by atoms with Crippen LogP contribution < -0.4 is 5.32 Å². The molecule has 5 heteroatoms. The topological polar surface area (TPSA) is 38.8 Å². The van der Waals surface area contributed by atoms with Crippen molar-refractivity contribution in [3.8, 4) is 0 Å². The molecule has 120 valence electrons. The van der Waals surface area contributed by atoms with Crippen LogP contribution in [-0.2, 0) is 4.79 Å². The summed E-state index contributed by atoms with van der Waals surface area (Å²) in [4.78, 5) is 19.5. The zero-order chi connectivity index (χ0) is 14.7. The van der Waals surface area contributed by atoms with E-state index in [1.807, 2.05) is 0 Å². The molecule has 0 bridgehead atoms. The third kappa shape index (κ3) is 3.76. The molecule has 1 amide bonds.